The van der Waals surface area contributed by atoms with E-state index in [0.717, 1.165) is 28.7 Å². The first-order valence-corrected chi connectivity index (χ1v) is 10.4. The van der Waals surface area contributed by atoms with Gasteiger partial charge in [0.2, 0.25) is 0 Å². The standard InChI is InChI=1S/C20H20N2O5S/c1-3-19-21-10-16-17(22-19)8-9-18-20(16)27-14(11-25-18)12-26-28(23,24)15-6-4-13(2)5-7-15/h4-10,14H,3,11-12H2,1-2H3. The highest BCUT2D eigenvalue weighted by molar-refractivity contribution is 7.86. The monoisotopic (exact) mass is 400 g/mol. The van der Waals surface area contributed by atoms with Crippen molar-refractivity contribution in [1.29, 1.82) is 0 Å². The van der Waals surface area contributed by atoms with Crippen molar-refractivity contribution in [3.05, 3.63) is 54.0 Å². The molecule has 0 amide bonds. The van der Waals surface area contributed by atoms with Gasteiger partial charge in [-0.3, -0.25) is 4.18 Å². The number of fused-ring (bicyclic) bond motifs is 3. The van der Waals surface area contributed by atoms with Crippen molar-refractivity contribution in [1.82, 2.24) is 9.97 Å². The number of benzene rings is 2. The molecule has 1 aliphatic heterocycles. The van der Waals surface area contributed by atoms with Gasteiger partial charge in [-0.15, -0.1) is 0 Å². The topological polar surface area (TPSA) is 87.6 Å². The summed E-state index contributed by atoms with van der Waals surface area (Å²) in [4.78, 5) is 8.91. The zero-order chi connectivity index (χ0) is 19.7. The van der Waals surface area contributed by atoms with Crippen LogP contribution in [0.15, 0.2) is 47.5 Å². The lowest BCUT2D eigenvalue weighted by molar-refractivity contribution is 0.0571. The molecule has 146 valence electrons. The first kappa shape index (κ1) is 18.6. The molecule has 0 aliphatic carbocycles. The van der Waals surface area contributed by atoms with E-state index in [-0.39, 0.29) is 18.1 Å². The number of aromatic nitrogens is 2. The Morgan fingerprint density at radius 3 is 2.71 bits per heavy atom. The summed E-state index contributed by atoms with van der Waals surface area (Å²) in [6.45, 7) is 3.91. The van der Waals surface area contributed by atoms with Crippen molar-refractivity contribution in [2.75, 3.05) is 13.2 Å². The molecular formula is C20H20N2O5S. The molecule has 1 aromatic heterocycles. The second-order valence-electron chi connectivity index (χ2n) is 6.57. The summed E-state index contributed by atoms with van der Waals surface area (Å²) in [7, 11) is -3.87. The fourth-order valence-corrected chi connectivity index (χ4v) is 3.84. The summed E-state index contributed by atoms with van der Waals surface area (Å²) in [6.07, 6.45) is 1.87. The van der Waals surface area contributed by atoms with Crippen LogP contribution in [0.3, 0.4) is 0 Å². The Morgan fingerprint density at radius 2 is 1.96 bits per heavy atom. The SMILES string of the molecule is CCc1ncc2c3c(ccc2n1)OCC(COS(=O)(=O)c1ccc(C)cc1)O3. The molecule has 3 aromatic rings. The fourth-order valence-electron chi connectivity index (χ4n) is 2.91. The van der Waals surface area contributed by atoms with Gasteiger partial charge in [-0.1, -0.05) is 24.6 Å². The van der Waals surface area contributed by atoms with Crippen LogP contribution in [0.5, 0.6) is 11.5 Å². The van der Waals surface area contributed by atoms with Gasteiger partial charge < -0.3 is 9.47 Å². The van der Waals surface area contributed by atoms with E-state index in [0.29, 0.717) is 11.5 Å². The highest BCUT2D eigenvalue weighted by atomic mass is 32.2. The molecule has 0 saturated heterocycles. The Kier molecular flexibility index (Phi) is 4.91. The zero-order valence-corrected chi connectivity index (χ0v) is 16.4. The smallest absolute Gasteiger partial charge is 0.297 e. The maximum atomic E-state index is 12.4. The Hall–Kier alpha value is -2.71. The average Bonchev–Trinajstić information content (AvgIpc) is 2.72. The average molecular weight is 400 g/mol. The minimum atomic E-state index is -3.87. The van der Waals surface area contributed by atoms with Gasteiger partial charge in [0, 0.05) is 12.6 Å². The van der Waals surface area contributed by atoms with Crippen LogP contribution in [-0.2, 0) is 20.7 Å². The molecule has 0 bridgehead atoms. The van der Waals surface area contributed by atoms with Crippen LogP contribution in [0.2, 0.25) is 0 Å². The van der Waals surface area contributed by atoms with Gasteiger partial charge in [0.1, 0.15) is 19.0 Å². The molecule has 7 nitrogen and oxygen atoms in total. The summed E-state index contributed by atoms with van der Waals surface area (Å²) >= 11 is 0. The number of rotatable bonds is 5. The summed E-state index contributed by atoms with van der Waals surface area (Å²) < 4.78 is 41.7. The lowest BCUT2D eigenvalue weighted by Gasteiger charge is -2.27. The molecule has 2 aromatic carbocycles. The highest BCUT2D eigenvalue weighted by Gasteiger charge is 2.26. The van der Waals surface area contributed by atoms with Gasteiger partial charge >= 0.3 is 0 Å². The van der Waals surface area contributed by atoms with Crippen molar-refractivity contribution in [2.24, 2.45) is 0 Å². The van der Waals surface area contributed by atoms with Crippen LogP contribution < -0.4 is 9.47 Å². The first-order valence-electron chi connectivity index (χ1n) is 9.00. The highest BCUT2D eigenvalue weighted by Crippen LogP contribution is 2.38. The van der Waals surface area contributed by atoms with Gasteiger partial charge in [0.05, 0.1) is 15.8 Å². The third-order valence-electron chi connectivity index (χ3n) is 4.47. The van der Waals surface area contributed by atoms with Crippen LogP contribution in [0.25, 0.3) is 10.9 Å². The van der Waals surface area contributed by atoms with Crippen molar-refractivity contribution in [3.8, 4) is 11.5 Å². The lowest BCUT2D eigenvalue weighted by Crippen LogP contribution is -2.34. The second-order valence-corrected chi connectivity index (χ2v) is 8.18. The fraction of sp³-hybridized carbons (Fsp3) is 0.300. The van der Waals surface area contributed by atoms with Gasteiger partial charge in [-0.25, -0.2) is 9.97 Å². The molecule has 0 N–H and O–H groups in total. The Bertz CT molecular complexity index is 1110. The van der Waals surface area contributed by atoms with Crippen molar-refractivity contribution in [2.45, 2.75) is 31.3 Å². The Morgan fingerprint density at radius 1 is 1.18 bits per heavy atom. The molecule has 0 spiro atoms. The molecule has 0 saturated carbocycles. The molecule has 8 heteroatoms. The normalized spacial score (nSPS) is 16.3. The number of aryl methyl sites for hydroxylation is 2. The van der Waals surface area contributed by atoms with Crippen LogP contribution in [-0.4, -0.2) is 37.7 Å². The van der Waals surface area contributed by atoms with Gasteiger partial charge in [-0.2, -0.15) is 8.42 Å². The van der Waals surface area contributed by atoms with E-state index in [1.807, 2.05) is 19.9 Å². The number of nitrogens with zero attached hydrogens (tertiary/aromatic N) is 2. The molecule has 28 heavy (non-hydrogen) atoms. The number of hydrogen-bond acceptors (Lipinski definition) is 7. The second kappa shape index (κ2) is 7.37. The first-order chi connectivity index (χ1) is 13.5. The maximum absolute atomic E-state index is 12.4. The van der Waals surface area contributed by atoms with Crippen LogP contribution in [0.1, 0.15) is 18.3 Å². The van der Waals surface area contributed by atoms with E-state index < -0.39 is 16.2 Å². The zero-order valence-electron chi connectivity index (χ0n) is 15.6. The summed E-state index contributed by atoms with van der Waals surface area (Å²) in [5.74, 6) is 1.83. The van der Waals surface area contributed by atoms with E-state index in [1.54, 1.807) is 24.4 Å². The minimum absolute atomic E-state index is 0.112. The maximum Gasteiger partial charge on any atom is 0.297 e. The van der Waals surface area contributed by atoms with Gasteiger partial charge in [0.15, 0.2) is 17.6 Å². The van der Waals surface area contributed by atoms with Crippen LogP contribution in [0.4, 0.5) is 0 Å². The summed E-state index contributed by atoms with van der Waals surface area (Å²) in [5.41, 5.74) is 1.72. The Balaban J connectivity index is 1.52. The van der Waals surface area contributed by atoms with Crippen molar-refractivity contribution < 1.29 is 22.1 Å². The third kappa shape index (κ3) is 3.65. The summed E-state index contributed by atoms with van der Waals surface area (Å²) in [6, 6.07) is 10.1. The molecule has 4 rings (SSSR count). The molecular weight excluding hydrogens is 380 g/mol. The lowest BCUT2D eigenvalue weighted by atomic mass is 10.2. The quantitative estimate of drug-likeness (QED) is 0.608. The third-order valence-corrected chi connectivity index (χ3v) is 5.77. The summed E-state index contributed by atoms with van der Waals surface area (Å²) in [5, 5.41) is 0.723. The van der Waals surface area contributed by atoms with E-state index >= 15 is 0 Å². The molecule has 1 aliphatic rings. The number of hydrogen-bond donors (Lipinski definition) is 0. The van der Waals surface area contributed by atoms with Crippen LogP contribution in [0, 0.1) is 6.92 Å². The molecule has 1 unspecified atom stereocenters. The van der Waals surface area contributed by atoms with Crippen molar-refractivity contribution >= 4 is 21.0 Å². The van der Waals surface area contributed by atoms with E-state index in [9.17, 15) is 8.42 Å². The predicted octanol–water partition coefficient (Wildman–Crippen LogP) is 3.05. The minimum Gasteiger partial charge on any atom is -0.486 e. The molecule has 0 fully saturated rings. The molecule has 1 atom stereocenters. The predicted molar refractivity (Wildman–Crippen MR) is 103 cm³/mol. The number of ether oxygens (including phenoxy) is 2. The van der Waals surface area contributed by atoms with Gasteiger partial charge in [0.25, 0.3) is 10.1 Å². The molecule has 2 heterocycles. The van der Waals surface area contributed by atoms with Gasteiger partial charge in [-0.05, 0) is 31.2 Å². The van der Waals surface area contributed by atoms with Crippen molar-refractivity contribution in [3.63, 3.8) is 0 Å². The van der Waals surface area contributed by atoms with E-state index in [2.05, 4.69) is 9.97 Å². The van der Waals surface area contributed by atoms with E-state index in [4.69, 9.17) is 13.7 Å². The molecule has 0 radical (unpaired) electrons. The van der Waals surface area contributed by atoms with E-state index in [1.165, 1.54) is 12.1 Å². The van der Waals surface area contributed by atoms with Crippen LogP contribution >= 0.6 is 0 Å². The largest absolute Gasteiger partial charge is 0.486 e. The Labute approximate surface area is 163 Å².